The average molecular weight is 250 g/mol. The summed E-state index contributed by atoms with van der Waals surface area (Å²) in [4.78, 5) is 0. The fraction of sp³-hybridized carbons (Fsp3) is 0.286. The molecule has 0 aliphatic carbocycles. The third kappa shape index (κ3) is 3.35. The van der Waals surface area contributed by atoms with Gasteiger partial charge in [-0.1, -0.05) is 29.8 Å². The molecule has 3 heteroatoms. The van der Waals surface area contributed by atoms with Crippen LogP contribution >= 0.6 is 11.6 Å². The Labute approximate surface area is 106 Å². The van der Waals surface area contributed by atoms with Crippen LogP contribution in [0.4, 0.5) is 0 Å². The van der Waals surface area contributed by atoms with Crippen LogP contribution in [0.15, 0.2) is 47.1 Å². The second-order valence-corrected chi connectivity index (χ2v) is 4.59. The monoisotopic (exact) mass is 249 g/mol. The second kappa shape index (κ2) is 5.89. The summed E-state index contributed by atoms with van der Waals surface area (Å²) in [6, 6.07) is 11.8. The normalized spacial score (nSPS) is 12.6. The SMILES string of the molecule is NCC(Cc1ccco1)Cc1ccccc1Cl. The molecule has 0 fully saturated rings. The zero-order chi connectivity index (χ0) is 12.1. The van der Waals surface area contributed by atoms with Crippen molar-refractivity contribution in [2.75, 3.05) is 6.54 Å². The van der Waals surface area contributed by atoms with Crippen molar-refractivity contribution in [3.05, 3.63) is 59.0 Å². The van der Waals surface area contributed by atoms with Crippen LogP contribution in [0, 0.1) is 5.92 Å². The Bertz CT molecular complexity index is 453. The van der Waals surface area contributed by atoms with Crippen LogP contribution in [0.3, 0.4) is 0 Å². The van der Waals surface area contributed by atoms with Gasteiger partial charge >= 0.3 is 0 Å². The van der Waals surface area contributed by atoms with Gasteiger partial charge in [-0.25, -0.2) is 0 Å². The fourth-order valence-electron chi connectivity index (χ4n) is 1.93. The molecule has 2 aromatic rings. The molecule has 0 aliphatic rings. The minimum Gasteiger partial charge on any atom is -0.469 e. The van der Waals surface area contributed by atoms with Crippen LogP contribution in [0.5, 0.6) is 0 Å². The number of rotatable bonds is 5. The zero-order valence-corrected chi connectivity index (χ0v) is 10.4. The molecule has 0 saturated carbocycles. The number of hydrogen-bond acceptors (Lipinski definition) is 2. The summed E-state index contributed by atoms with van der Waals surface area (Å²) in [5.74, 6) is 1.34. The Morgan fingerprint density at radius 3 is 2.59 bits per heavy atom. The van der Waals surface area contributed by atoms with Gasteiger partial charge in [-0.05, 0) is 42.6 Å². The van der Waals surface area contributed by atoms with Crippen LogP contribution in [-0.2, 0) is 12.8 Å². The first-order chi connectivity index (χ1) is 8.29. The molecule has 2 rings (SSSR count). The number of halogens is 1. The van der Waals surface area contributed by atoms with Crippen molar-refractivity contribution in [1.29, 1.82) is 0 Å². The Balaban J connectivity index is 2.03. The van der Waals surface area contributed by atoms with Crippen LogP contribution in [-0.4, -0.2) is 6.54 Å². The highest BCUT2D eigenvalue weighted by Gasteiger charge is 2.12. The van der Waals surface area contributed by atoms with Crippen molar-refractivity contribution in [3.63, 3.8) is 0 Å². The summed E-state index contributed by atoms with van der Waals surface area (Å²) in [5.41, 5.74) is 6.95. The lowest BCUT2D eigenvalue weighted by Crippen LogP contribution is -2.19. The molecule has 0 aliphatic heterocycles. The van der Waals surface area contributed by atoms with E-state index >= 15 is 0 Å². The number of furan rings is 1. The molecule has 90 valence electrons. The van der Waals surface area contributed by atoms with E-state index in [1.807, 2.05) is 36.4 Å². The summed E-state index contributed by atoms with van der Waals surface area (Å²) in [7, 11) is 0. The quantitative estimate of drug-likeness (QED) is 0.883. The van der Waals surface area contributed by atoms with E-state index in [2.05, 4.69) is 0 Å². The second-order valence-electron chi connectivity index (χ2n) is 4.18. The molecule has 1 aromatic heterocycles. The Kier molecular flexibility index (Phi) is 4.24. The molecule has 1 heterocycles. The van der Waals surface area contributed by atoms with Crippen molar-refractivity contribution < 1.29 is 4.42 Å². The van der Waals surface area contributed by atoms with Gasteiger partial charge in [0, 0.05) is 11.4 Å². The van der Waals surface area contributed by atoms with E-state index in [1.165, 1.54) is 0 Å². The van der Waals surface area contributed by atoms with E-state index in [0.717, 1.165) is 29.2 Å². The maximum atomic E-state index is 6.14. The van der Waals surface area contributed by atoms with Crippen molar-refractivity contribution in [2.24, 2.45) is 11.7 Å². The zero-order valence-electron chi connectivity index (χ0n) is 9.60. The van der Waals surface area contributed by atoms with Crippen molar-refractivity contribution in [1.82, 2.24) is 0 Å². The molecule has 1 unspecified atom stereocenters. The Morgan fingerprint density at radius 1 is 1.12 bits per heavy atom. The first-order valence-electron chi connectivity index (χ1n) is 5.75. The molecule has 0 bridgehead atoms. The van der Waals surface area contributed by atoms with E-state index in [-0.39, 0.29) is 0 Å². The molecule has 1 aromatic carbocycles. The molecule has 0 saturated heterocycles. The number of hydrogen-bond donors (Lipinski definition) is 1. The summed E-state index contributed by atoms with van der Waals surface area (Å²) in [6.07, 6.45) is 3.43. The minimum absolute atomic E-state index is 0.362. The average Bonchev–Trinajstić information content (AvgIpc) is 2.84. The standard InChI is InChI=1S/C14H16ClNO/c15-14-6-2-1-4-12(14)8-11(10-16)9-13-5-3-7-17-13/h1-7,11H,8-10,16H2. The van der Waals surface area contributed by atoms with Gasteiger partial charge in [-0.3, -0.25) is 0 Å². The fourth-order valence-corrected chi connectivity index (χ4v) is 2.14. The number of nitrogens with two attached hydrogens (primary N) is 1. The topological polar surface area (TPSA) is 39.2 Å². The van der Waals surface area contributed by atoms with Crippen molar-refractivity contribution in [3.8, 4) is 0 Å². The molecular weight excluding hydrogens is 234 g/mol. The highest BCUT2D eigenvalue weighted by Crippen LogP contribution is 2.20. The largest absolute Gasteiger partial charge is 0.469 e. The highest BCUT2D eigenvalue weighted by molar-refractivity contribution is 6.31. The molecule has 1 atom stereocenters. The summed E-state index contributed by atoms with van der Waals surface area (Å²) in [5, 5.41) is 0.811. The first-order valence-corrected chi connectivity index (χ1v) is 6.13. The lowest BCUT2D eigenvalue weighted by atomic mass is 9.95. The van der Waals surface area contributed by atoms with Gasteiger partial charge < -0.3 is 10.2 Å². The summed E-state index contributed by atoms with van der Waals surface area (Å²) >= 11 is 6.14. The molecule has 17 heavy (non-hydrogen) atoms. The summed E-state index contributed by atoms with van der Waals surface area (Å²) < 4.78 is 5.35. The molecule has 0 radical (unpaired) electrons. The van der Waals surface area contributed by atoms with Gasteiger partial charge in [0.2, 0.25) is 0 Å². The Morgan fingerprint density at radius 2 is 1.94 bits per heavy atom. The van der Waals surface area contributed by atoms with Crippen LogP contribution in [0.2, 0.25) is 5.02 Å². The molecule has 0 amide bonds. The van der Waals surface area contributed by atoms with Crippen LogP contribution in [0.1, 0.15) is 11.3 Å². The first kappa shape index (κ1) is 12.2. The lowest BCUT2D eigenvalue weighted by molar-refractivity contribution is 0.441. The van der Waals surface area contributed by atoms with Gasteiger partial charge in [0.15, 0.2) is 0 Å². The van der Waals surface area contributed by atoms with E-state index in [4.69, 9.17) is 21.8 Å². The van der Waals surface area contributed by atoms with Gasteiger partial charge in [0.25, 0.3) is 0 Å². The lowest BCUT2D eigenvalue weighted by Gasteiger charge is -2.14. The Hall–Kier alpha value is -1.25. The van der Waals surface area contributed by atoms with Gasteiger partial charge in [-0.2, -0.15) is 0 Å². The third-order valence-corrected chi connectivity index (χ3v) is 3.24. The van der Waals surface area contributed by atoms with Crippen molar-refractivity contribution in [2.45, 2.75) is 12.8 Å². The predicted molar refractivity (Wildman–Crippen MR) is 70.1 cm³/mol. The third-order valence-electron chi connectivity index (χ3n) is 2.87. The number of benzene rings is 1. The van der Waals surface area contributed by atoms with E-state index < -0.39 is 0 Å². The van der Waals surface area contributed by atoms with E-state index in [9.17, 15) is 0 Å². The maximum absolute atomic E-state index is 6.14. The van der Waals surface area contributed by atoms with E-state index in [1.54, 1.807) is 6.26 Å². The maximum Gasteiger partial charge on any atom is 0.104 e. The molecule has 2 nitrogen and oxygen atoms in total. The van der Waals surface area contributed by atoms with Crippen LogP contribution < -0.4 is 5.73 Å². The highest BCUT2D eigenvalue weighted by atomic mass is 35.5. The van der Waals surface area contributed by atoms with Gasteiger partial charge in [-0.15, -0.1) is 0 Å². The smallest absolute Gasteiger partial charge is 0.104 e. The van der Waals surface area contributed by atoms with Gasteiger partial charge in [0.05, 0.1) is 6.26 Å². The predicted octanol–water partition coefficient (Wildman–Crippen LogP) is 3.29. The van der Waals surface area contributed by atoms with Crippen LogP contribution in [0.25, 0.3) is 0 Å². The minimum atomic E-state index is 0.362. The molecule has 0 spiro atoms. The van der Waals surface area contributed by atoms with E-state index in [0.29, 0.717) is 12.5 Å². The molecule has 2 N–H and O–H groups in total. The van der Waals surface area contributed by atoms with Gasteiger partial charge in [0.1, 0.15) is 5.76 Å². The van der Waals surface area contributed by atoms with Crippen molar-refractivity contribution >= 4 is 11.6 Å². The summed E-state index contributed by atoms with van der Waals surface area (Å²) in [6.45, 7) is 0.631. The molecular formula is C14H16ClNO.